The van der Waals surface area contributed by atoms with Crippen LogP contribution in [0.25, 0.3) is 0 Å². The van der Waals surface area contributed by atoms with E-state index in [-0.39, 0.29) is 36.8 Å². The van der Waals surface area contributed by atoms with Crippen LogP contribution in [0.3, 0.4) is 0 Å². The van der Waals surface area contributed by atoms with Crippen LogP contribution in [-0.2, 0) is 16.2 Å². The van der Waals surface area contributed by atoms with Gasteiger partial charge in [-0.2, -0.15) is 17.5 Å². The Morgan fingerprint density at radius 2 is 1.65 bits per heavy atom. The number of amides is 1. The average Bonchev–Trinajstić information content (AvgIpc) is 2.90. The summed E-state index contributed by atoms with van der Waals surface area (Å²) in [7, 11) is -3.93. The lowest BCUT2D eigenvalue weighted by Crippen LogP contribution is -2.48. The molecule has 0 unspecified atom stereocenters. The zero-order valence-electron chi connectivity index (χ0n) is 20.0. The molecule has 1 heterocycles. The highest BCUT2D eigenvalue weighted by atomic mass is 32.2. The van der Waals surface area contributed by atoms with Gasteiger partial charge in [-0.05, 0) is 55.5 Å². The van der Waals surface area contributed by atoms with Gasteiger partial charge in [-0.25, -0.2) is 8.42 Å². The number of piperazine rings is 1. The van der Waals surface area contributed by atoms with Crippen molar-refractivity contribution in [3.05, 3.63) is 83.9 Å². The van der Waals surface area contributed by atoms with E-state index >= 15 is 0 Å². The summed E-state index contributed by atoms with van der Waals surface area (Å²) in [6.07, 6.45) is -4.46. The minimum atomic E-state index is -4.46. The lowest BCUT2D eigenvalue weighted by atomic mass is 10.1. The number of ether oxygens (including phenoxy) is 1. The fourth-order valence-corrected chi connectivity index (χ4v) is 5.50. The topological polar surface area (TPSA) is 79.0 Å². The maximum Gasteiger partial charge on any atom is 0.416 e. The number of rotatable bonds is 7. The zero-order valence-corrected chi connectivity index (χ0v) is 20.8. The van der Waals surface area contributed by atoms with Crippen molar-refractivity contribution in [3.63, 3.8) is 0 Å². The average molecular weight is 534 g/mol. The predicted molar refractivity (Wildman–Crippen MR) is 134 cm³/mol. The van der Waals surface area contributed by atoms with Gasteiger partial charge in [0.15, 0.2) is 0 Å². The van der Waals surface area contributed by atoms with Gasteiger partial charge in [0.1, 0.15) is 5.75 Å². The summed E-state index contributed by atoms with van der Waals surface area (Å²) in [4.78, 5) is 14.4. The number of sulfonamides is 1. The van der Waals surface area contributed by atoms with Crippen LogP contribution in [0.4, 0.5) is 24.5 Å². The largest absolute Gasteiger partial charge is 0.492 e. The molecule has 1 amide bonds. The van der Waals surface area contributed by atoms with Crippen molar-refractivity contribution in [2.75, 3.05) is 43.0 Å². The Morgan fingerprint density at radius 3 is 2.30 bits per heavy atom. The number of carbonyl (C=O) groups excluding carboxylic acids is 1. The molecule has 0 spiro atoms. The first-order chi connectivity index (χ1) is 17.6. The Morgan fingerprint density at radius 1 is 0.946 bits per heavy atom. The van der Waals surface area contributed by atoms with Crippen LogP contribution >= 0.6 is 0 Å². The molecule has 1 N–H and O–H groups in total. The Balaban J connectivity index is 1.52. The molecule has 7 nitrogen and oxygen atoms in total. The lowest BCUT2D eigenvalue weighted by molar-refractivity contribution is -0.137. The summed E-state index contributed by atoms with van der Waals surface area (Å²) in [6, 6.07) is 17.8. The molecule has 0 radical (unpaired) electrons. The third-order valence-electron chi connectivity index (χ3n) is 5.95. The zero-order chi connectivity index (χ0) is 26.6. The van der Waals surface area contributed by atoms with E-state index in [1.807, 2.05) is 0 Å². The van der Waals surface area contributed by atoms with Gasteiger partial charge in [-0.1, -0.05) is 24.3 Å². The minimum absolute atomic E-state index is 0.0215. The van der Waals surface area contributed by atoms with Crippen LogP contribution in [0.2, 0.25) is 0 Å². The van der Waals surface area contributed by atoms with E-state index in [1.165, 1.54) is 28.6 Å². The molecule has 1 fully saturated rings. The molecule has 3 aromatic rings. The Hall–Kier alpha value is -3.57. The number of carbonyl (C=O) groups is 1. The van der Waals surface area contributed by atoms with Gasteiger partial charge < -0.3 is 15.0 Å². The molecule has 0 aromatic heterocycles. The van der Waals surface area contributed by atoms with Crippen LogP contribution in [-0.4, -0.2) is 51.4 Å². The normalized spacial score (nSPS) is 14.9. The van der Waals surface area contributed by atoms with Crippen LogP contribution in [0.5, 0.6) is 5.75 Å². The van der Waals surface area contributed by atoms with E-state index in [0.29, 0.717) is 23.6 Å². The van der Waals surface area contributed by atoms with Crippen molar-refractivity contribution >= 4 is 27.3 Å². The monoisotopic (exact) mass is 533 g/mol. The molecular weight excluding hydrogens is 507 g/mol. The van der Waals surface area contributed by atoms with E-state index in [9.17, 15) is 26.4 Å². The minimum Gasteiger partial charge on any atom is -0.492 e. The maximum atomic E-state index is 13.4. The first-order valence-corrected chi connectivity index (χ1v) is 13.1. The van der Waals surface area contributed by atoms with Crippen molar-refractivity contribution in [2.24, 2.45) is 0 Å². The number of hydrogen-bond donors (Lipinski definition) is 1. The van der Waals surface area contributed by atoms with Crippen molar-refractivity contribution in [1.82, 2.24) is 4.31 Å². The number of halogens is 3. The molecule has 1 aliphatic heterocycles. The number of alkyl halides is 3. The molecule has 1 saturated heterocycles. The summed E-state index contributed by atoms with van der Waals surface area (Å²) in [5.41, 5.74) is 0.265. The van der Waals surface area contributed by atoms with Gasteiger partial charge in [-0.3, -0.25) is 4.79 Å². The van der Waals surface area contributed by atoms with Gasteiger partial charge >= 0.3 is 6.18 Å². The SMILES string of the molecule is CCOc1ccc(S(=O)(=O)N2CCN(c3cccc(C(F)(F)F)c3)CC2)cc1NC(=O)c1ccccc1. The molecule has 3 aromatic carbocycles. The number of nitrogens with one attached hydrogen (secondary N) is 1. The lowest BCUT2D eigenvalue weighted by Gasteiger charge is -2.35. The van der Waals surface area contributed by atoms with Crippen LogP contribution in [0.15, 0.2) is 77.7 Å². The van der Waals surface area contributed by atoms with E-state index in [2.05, 4.69) is 5.32 Å². The standard InChI is InChI=1S/C26H26F3N3O4S/c1-2-36-24-12-11-22(18-23(24)30-25(33)19-7-4-3-5-8-19)37(34,35)32-15-13-31(14-16-32)21-10-6-9-20(17-21)26(27,28)29/h3-12,17-18H,2,13-16H2,1H3,(H,30,33). The third-order valence-corrected chi connectivity index (χ3v) is 7.84. The van der Waals surface area contributed by atoms with Crippen molar-refractivity contribution in [3.8, 4) is 5.75 Å². The Labute approximate surface area is 213 Å². The number of hydrogen-bond acceptors (Lipinski definition) is 5. The smallest absolute Gasteiger partial charge is 0.416 e. The third kappa shape index (κ3) is 6.05. The predicted octanol–water partition coefficient (Wildman–Crippen LogP) is 4.87. The summed E-state index contributed by atoms with van der Waals surface area (Å²) >= 11 is 0. The first kappa shape index (κ1) is 26.5. The summed E-state index contributed by atoms with van der Waals surface area (Å²) in [5.74, 6) is -0.0779. The Bertz CT molecular complexity index is 1360. The van der Waals surface area contributed by atoms with Crippen molar-refractivity contribution in [2.45, 2.75) is 18.0 Å². The fourth-order valence-electron chi connectivity index (χ4n) is 4.05. The molecule has 4 rings (SSSR count). The summed E-state index contributed by atoms with van der Waals surface area (Å²) in [6.45, 7) is 2.74. The number of anilines is 2. The molecular formula is C26H26F3N3O4S. The van der Waals surface area contributed by atoms with Crippen molar-refractivity contribution < 1.29 is 31.1 Å². The fraction of sp³-hybridized carbons (Fsp3) is 0.269. The van der Waals surface area contributed by atoms with Crippen LogP contribution < -0.4 is 15.0 Å². The maximum absolute atomic E-state index is 13.4. The highest BCUT2D eigenvalue weighted by molar-refractivity contribution is 7.89. The molecule has 1 aliphatic rings. The van der Waals surface area contributed by atoms with E-state index in [4.69, 9.17) is 4.74 Å². The van der Waals surface area contributed by atoms with Gasteiger partial charge in [-0.15, -0.1) is 0 Å². The molecule has 0 atom stereocenters. The van der Waals surface area contributed by atoms with Gasteiger partial charge in [0, 0.05) is 37.4 Å². The van der Waals surface area contributed by atoms with Gasteiger partial charge in [0.25, 0.3) is 5.91 Å². The second kappa shape index (κ2) is 10.8. The van der Waals surface area contributed by atoms with Crippen molar-refractivity contribution in [1.29, 1.82) is 0 Å². The molecule has 11 heteroatoms. The van der Waals surface area contributed by atoms with Crippen LogP contribution in [0.1, 0.15) is 22.8 Å². The molecule has 0 bridgehead atoms. The quantitative estimate of drug-likeness (QED) is 0.469. The van der Waals surface area contributed by atoms with Crippen LogP contribution in [0, 0.1) is 0 Å². The number of benzene rings is 3. The number of nitrogens with zero attached hydrogens (tertiary/aromatic N) is 2. The van der Waals surface area contributed by atoms with E-state index in [0.717, 1.165) is 12.1 Å². The van der Waals surface area contributed by atoms with E-state index < -0.39 is 27.7 Å². The first-order valence-electron chi connectivity index (χ1n) is 11.6. The molecule has 37 heavy (non-hydrogen) atoms. The molecule has 0 aliphatic carbocycles. The molecule has 196 valence electrons. The second-order valence-electron chi connectivity index (χ2n) is 8.35. The van der Waals surface area contributed by atoms with Gasteiger partial charge in [0.05, 0.1) is 22.8 Å². The second-order valence-corrected chi connectivity index (χ2v) is 10.3. The highest BCUT2D eigenvalue weighted by Gasteiger charge is 2.32. The highest BCUT2D eigenvalue weighted by Crippen LogP contribution is 2.33. The molecule has 0 saturated carbocycles. The summed E-state index contributed by atoms with van der Waals surface area (Å²) in [5, 5.41) is 2.73. The van der Waals surface area contributed by atoms with Gasteiger partial charge in [0.2, 0.25) is 10.0 Å². The summed E-state index contributed by atoms with van der Waals surface area (Å²) < 4.78 is 72.9. The van der Waals surface area contributed by atoms with E-state index in [1.54, 1.807) is 48.2 Å². The Kier molecular flexibility index (Phi) is 7.74.